The monoisotopic (exact) mass is 419 g/mol. The second-order valence-electron chi connectivity index (χ2n) is 10.3. The number of sulfone groups is 1. The highest BCUT2D eigenvalue weighted by Gasteiger charge is 2.30. The highest BCUT2D eigenvalue weighted by Crippen LogP contribution is 2.34. The topological polar surface area (TPSA) is 81.1 Å². The Morgan fingerprint density at radius 1 is 1.21 bits per heavy atom. The fourth-order valence-corrected chi connectivity index (χ4v) is 5.55. The molecule has 1 aromatic carbocycles. The molecule has 6 nitrogen and oxygen atoms in total. The van der Waals surface area contributed by atoms with E-state index in [1.165, 1.54) is 19.8 Å². The molecule has 1 aliphatic rings. The molecule has 1 amide bonds. The first-order valence-electron chi connectivity index (χ1n) is 10.3. The third kappa shape index (κ3) is 5.59. The van der Waals surface area contributed by atoms with Gasteiger partial charge in [-0.15, -0.1) is 0 Å². The molecule has 2 aromatic rings. The van der Waals surface area contributed by atoms with Crippen LogP contribution in [-0.2, 0) is 27.6 Å². The first-order valence-corrected chi connectivity index (χ1v) is 11.9. The van der Waals surface area contributed by atoms with Gasteiger partial charge in [-0.2, -0.15) is 0 Å². The van der Waals surface area contributed by atoms with Gasteiger partial charge in [-0.3, -0.25) is 4.79 Å². The van der Waals surface area contributed by atoms with Crippen molar-refractivity contribution in [2.45, 2.75) is 77.8 Å². The van der Waals surface area contributed by atoms with Crippen molar-refractivity contribution in [3.05, 3.63) is 24.0 Å². The van der Waals surface area contributed by atoms with E-state index in [2.05, 4.69) is 30.7 Å². The van der Waals surface area contributed by atoms with Crippen LogP contribution in [-0.4, -0.2) is 35.2 Å². The lowest BCUT2D eigenvalue weighted by Crippen LogP contribution is -2.47. The first kappa shape index (κ1) is 21.8. The molecule has 1 aliphatic carbocycles. The number of fused-ring (bicyclic) bond motifs is 1. The van der Waals surface area contributed by atoms with E-state index < -0.39 is 15.4 Å². The van der Waals surface area contributed by atoms with E-state index in [-0.39, 0.29) is 22.0 Å². The first-order chi connectivity index (χ1) is 13.3. The number of carbonyl (C=O) groups excluding carboxylic acids is 1. The molecule has 1 fully saturated rings. The van der Waals surface area contributed by atoms with E-state index in [4.69, 9.17) is 4.98 Å². The lowest BCUT2D eigenvalue weighted by atomic mass is 9.92. The lowest BCUT2D eigenvalue weighted by molar-refractivity contribution is -0.120. The van der Waals surface area contributed by atoms with Crippen molar-refractivity contribution in [2.24, 2.45) is 11.3 Å². The number of amides is 1. The van der Waals surface area contributed by atoms with Crippen LogP contribution in [0, 0.1) is 11.3 Å². The molecule has 0 radical (unpaired) electrons. The predicted molar refractivity (Wildman–Crippen MR) is 116 cm³/mol. The predicted octanol–water partition coefficient (Wildman–Crippen LogP) is 3.72. The number of imidazole rings is 1. The highest BCUT2D eigenvalue weighted by molar-refractivity contribution is 7.91. The molecule has 3 rings (SSSR count). The van der Waals surface area contributed by atoms with Crippen molar-refractivity contribution >= 4 is 26.8 Å². The number of hydrogen-bond donors (Lipinski definition) is 1. The summed E-state index contributed by atoms with van der Waals surface area (Å²) in [5.74, 6) is 1.31. The van der Waals surface area contributed by atoms with Gasteiger partial charge in [0.05, 0.1) is 21.7 Å². The van der Waals surface area contributed by atoms with E-state index in [1.807, 2.05) is 6.07 Å². The van der Waals surface area contributed by atoms with E-state index >= 15 is 0 Å². The second kappa shape index (κ2) is 7.42. The van der Waals surface area contributed by atoms with Crippen molar-refractivity contribution in [1.82, 2.24) is 14.9 Å². The molecule has 0 unspecified atom stereocenters. The zero-order valence-corrected chi connectivity index (χ0v) is 19.2. The van der Waals surface area contributed by atoms with Crippen molar-refractivity contribution in [3.63, 3.8) is 0 Å². The molecular formula is C22H33N3O3S. The molecule has 1 N–H and O–H groups in total. The van der Waals surface area contributed by atoms with Crippen molar-refractivity contribution < 1.29 is 13.2 Å². The molecule has 1 aromatic heterocycles. The number of benzene rings is 1. The zero-order valence-electron chi connectivity index (χ0n) is 18.4. The highest BCUT2D eigenvalue weighted by atomic mass is 32.2. The minimum atomic E-state index is -3.57. The minimum absolute atomic E-state index is 0.0972. The van der Waals surface area contributed by atoms with Crippen LogP contribution in [0.15, 0.2) is 23.1 Å². The summed E-state index contributed by atoms with van der Waals surface area (Å²) in [4.78, 5) is 16.5. The molecule has 0 saturated heterocycles. The van der Waals surface area contributed by atoms with Gasteiger partial charge in [0.1, 0.15) is 5.82 Å². The number of carbonyl (C=O) groups is 1. The van der Waals surface area contributed by atoms with Crippen LogP contribution in [0.1, 0.15) is 60.2 Å². The average Bonchev–Trinajstić information content (AvgIpc) is 3.26. The van der Waals surface area contributed by atoms with Gasteiger partial charge < -0.3 is 9.88 Å². The molecule has 0 atom stereocenters. The Morgan fingerprint density at radius 2 is 1.86 bits per heavy atom. The summed E-state index contributed by atoms with van der Waals surface area (Å²) in [5, 5.41) is 2.71. The van der Waals surface area contributed by atoms with Gasteiger partial charge in [-0.1, -0.05) is 20.8 Å². The third-order valence-electron chi connectivity index (χ3n) is 5.05. The number of rotatable bonds is 7. The Balaban J connectivity index is 1.97. The van der Waals surface area contributed by atoms with Gasteiger partial charge in [0.15, 0.2) is 9.84 Å². The number of hydrogen-bond acceptors (Lipinski definition) is 4. The molecule has 7 heteroatoms. The van der Waals surface area contributed by atoms with Crippen LogP contribution in [0.4, 0.5) is 0 Å². The van der Waals surface area contributed by atoms with Crippen LogP contribution in [0.25, 0.3) is 11.0 Å². The van der Waals surface area contributed by atoms with Crippen LogP contribution in [0.5, 0.6) is 0 Å². The molecule has 0 bridgehead atoms. The quantitative estimate of drug-likeness (QED) is 0.741. The van der Waals surface area contributed by atoms with Gasteiger partial charge in [0.25, 0.3) is 0 Å². The van der Waals surface area contributed by atoms with E-state index in [1.54, 1.807) is 26.0 Å². The summed E-state index contributed by atoms with van der Waals surface area (Å²) in [5.41, 5.74) is 0.974. The Hall–Kier alpha value is -1.89. The number of nitrogens with zero attached hydrogens (tertiary/aromatic N) is 2. The van der Waals surface area contributed by atoms with Crippen LogP contribution < -0.4 is 5.32 Å². The van der Waals surface area contributed by atoms with E-state index in [0.717, 1.165) is 29.8 Å². The normalized spacial score (nSPS) is 15.7. The maximum atomic E-state index is 13.0. The Bertz CT molecular complexity index is 1030. The number of nitrogens with one attached hydrogen (secondary N) is 1. The summed E-state index contributed by atoms with van der Waals surface area (Å²) in [6.07, 6.45) is 3.34. The van der Waals surface area contributed by atoms with Crippen molar-refractivity contribution in [1.29, 1.82) is 0 Å². The molecule has 1 saturated carbocycles. The molecule has 0 aliphatic heterocycles. The Labute approximate surface area is 174 Å². The minimum Gasteiger partial charge on any atom is -0.350 e. The summed E-state index contributed by atoms with van der Waals surface area (Å²) < 4.78 is 28.3. The van der Waals surface area contributed by atoms with Gasteiger partial charge in [-0.05, 0) is 56.2 Å². The van der Waals surface area contributed by atoms with Crippen LogP contribution in [0.3, 0.4) is 0 Å². The zero-order chi connectivity index (χ0) is 21.6. The van der Waals surface area contributed by atoms with Gasteiger partial charge in [0, 0.05) is 25.4 Å². The second-order valence-corrected chi connectivity index (χ2v) is 12.3. The largest absolute Gasteiger partial charge is 0.350 e. The average molecular weight is 420 g/mol. The standard InChI is InChI=1S/C22H33N3O3S/c1-15(26)24-22(5,6)14-29(27,28)17-9-10-19-18(11-17)23-20(12-21(2,3)4)25(19)13-16-7-8-16/h9-11,16H,7-8,12-14H2,1-6H3,(H,24,26). The third-order valence-corrected chi connectivity index (χ3v) is 7.12. The fourth-order valence-electron chi connectivity index (χ4n) is 3.80. The van der Waals surface area contributed by atoms with Gasteiger partial charge in [-0.25, -0.2) is 13.4 Å². The maximum absolute atomic E-state index is 13.0. The molecule has 0 spiro atoms. The van der Waals surface area contributed by atoms with Crippen molar-refractivity contribution in [3.8, 4) is 0 Å². The SMILES string of the molecule is CC(=O)NC(C)(C)CS(=O)(=O)c1ccc2c(c1)nc(CC(C)(C)C)n2CC1CC1. The summed E-state index contributed by atoms with van der Waals surface area (Å²) in [6.45, 7) is 12.3. The summed E-state index contributed by atoms with van der Waals surface area (Å²) >= 11 is 0. The maximum Gasteiger partial charge on any atom is 0.217 e. The molecular weight excluding hydrogens is 386 g/mol. The Kier molecular flexibility index (Phi) is 5.58. The summed E-state index contributed by atoms with van der Waals surface area (Å²) in [6, 6.07) is 5.24. The van der Waals surface area contributed by atoms with Gasteiger partial charge >= 0.3 is 0 Å². The summed E-state index contributed by atoms with van der Waals surface area (Å²) in [7, 11) is -3.57. The molecule has 1 heterocycles. The van der Waals surface area contributed by atoms with E-state index in [9.17, 15) is 13.2 Å². The van der Waals surface area contributed by atoms with Crippen LogP contribution in [0.2, 0.25) is 0 Å². The van der Waals surface area contributed by atoms with Crippen LogP contribution >= 0.6 is 0 Å². The molecule has 160 valence electrons. The van der Waals surface area contributed by atoms with Crippen molar-refractivity contribution in [2.75, 3.05) is 5.75 Å². The fraction of sp³-hybridized carbons (Fsp3) is 0.636. The molecule has 29 heavy (non-hydrogen) atoms. The van der Waals surface area contributed by atoms with Gasteiger partial charge in [0.2, 0.25) is 5.91 Å². The van der Waals surface area contributed by atoms with E-state index in [0.29, 0.717) is 5.92 Å². The lowest BCUT2D eigenvalue weighted by Gasteiger charge is -2.25. The Morgan fingerprint density at radius 3 is 2.41 bits per heavy atom. The number of aromatic nitrogens is 2. The smallest absolute Gasteiger partial charge is 0.217 e.